The first kappa shape index (κ1) is 13.5. The summed E-state index contributed by atoms with van der Waals surface area (Å²) in [6.07, 6.45) is 2.46. The molecule has 0 spiro atoms. The van der Waals surface area contributed by atoms with Crippen molar-refractivity contribution < 1.29 is 13.6 Å². The average molecular weight is 280 g/mol. The second-order valence-corrected chi connectivity index (χ2v) is 5.80. The smallest absolute Gasteiger partial charge is 0.226 e. The summed E-state index contributed by atoms with van der Waals surface area (Å²) in [5.41, 5.74) is 6.19. The topological polar surface area (TPSA) is 46.3 Å². The standard InChI is InChI=1S/C15H18F2N2O/c16-9-3-4-14(17)12(6-9)11-7-13(11)15(20)19-5-1-2-10(18)8-19/h3-4,6,10-11,13H,1-2,5,7-8,18H2. The van der Waals surface area contributed by atoms with Gasteiger partial charge in [-0.15, -0.1) is 0 Å². The molecular formula is C15H18F2N2O. The molecule has 3 atom stereocenters. The Hall–Kier alpha value is -1.49. The number of benzene rings is 1. The Bertz CT molecular complexity index is 535. The number of carbonyl (C=O) groups excluding carboxylic acids is 1. The summed E-state index contributed by atoms with van der Waals surface area (Å²) in [6.45, 7) is 1.30. The van der Waals surface area contributed by atoms with Gasteiger partial charge in [-0.25, -0.2) is 8.78 Å². The maximum atomic E-state index is 13.7. The van der Waals surface area contributed by atoms with Gasteiger partial charge >= 0.3 is 0 Å². The van der Waals surface area contributed by atoms with Gasteiger partial charge in [-0.05, 0) is 48.9 Å². The van der Waals surface area contributed by atoms with Crippen molar-refractivity contribution in [1.29, 1.82) is 0 Å². The molecule has 0 aromatic heterocycles. The fraction of sp³-hybridized carbons (Fsp3) is 0.533. The highest BCUT2D eigenvalue weighted by molar-refractivity contribution is 5.83. The fourth-order valence-corrected chi connectivity index (χ4v) is 3.06. The molecule has 3 rings (SSSR count). The summed E-state index contributed by atoms with van der Waals surface area (Å²) >= 11 is 0. The number of hydrogen-bond acceptors (Lipinski definition) is 2. The first-order valence-corrected chi connectivity index (χ1v) is 7.05. The Morgan fingerprint density at radius 3 is 2.90 bits per heavy atom. The average Bonchev–Trinajstić information content (AvgIpc) is 3.21. The van der Waals surface area contributed by atoms with Crippen molar-refractivity contribution in [3.05, 3.63) is 35.4 Å². The van der Waals surface area contributed by atoms with Crippen LogP contribution in [0.15, 0.2) is 18.2 Å². The van der Waals surface area contributed by atoms with Gasteiger partial charge in [-0.2, -0.15) is 0 Å². The zero-order chi connectivity index (χ0) is 14.3. The van der Waals surface area contributed by atoms with Crippen LogP contribution in [-0.2, 0) is 4.79 Å². The molecule has 3 nitrogen and oxygen atoms in total. The second-order valence-electron chi connectivity index (χ2n) is 5.80. The van der Waals surface area contributed by atoms with Crippen molar-refractivity contribution in [2.45, 2.75) is 31.2 Å². The Morgan fingerprint density at radius 1 is 1.35 bits per heavy atom. The third kappa shape index (κ3) is 2.54. The van der Waals surface area contributed by atoms with Gasteiger partial charge in [0.15, 0.2) is 0 Å². The van der Waals surface area contributed by atoms with Crippen molar-refractivity contribution in [2.24, 2.45) is 11.7 Å². The number of nitrogens with zero attached hydrogens (tertiary/aromatic N) is 1. The summed E-state index contributed by atoms with van der Waals surface area (Å²) in [5.74, 6) is -1.25. The zero-order valence-corrected chi connectivity index (χ0v) is 11.2. The molecule has 1 aromatic rings. The van der Waals surface area contributed by atoms with Crippen molar-refractivity contribution in [1.82, 2.24) is 4.90 Å². The predicted molar refractivity (Wildman–Crippen MR) is 71.0 cm³/mol. The summed E-state index contributed by atoms with van der Waals surface area (Å²) < 4.78 is 26.9. The summed E-state index contributed by atoms with van der Waals surface area (Å²) in [6, 6.07) is 3.47. The van der Waals surface area contributed by atoms with E-state index in [1.54, 1.807) is 4.90 Å². The number of amides is 1. The van der Waals surface area contributed by atoms with E-state index in [1.807, 2.05) is 0 Å². The number of hydrogen-bond donors (Lipinski definition) is 1. The molecule has 1 saturated heterocycles. The molecule has 1 aromatic carbocycles. The minimum Gasteiger partial charge on any atom is -0.341 e. The molecule has 1 aliphatic heterocycles. The van der Waals surface area contributed by atoms with Crippen molar-refractivity contribution >= 4 is 5.91 Å². The molecule has 108 valence electrons. The maximum absolute atomic E-state index is 13.7. The van der Waals surface area contributed by atoms with E-state index in [4.69, 9.17) is 5.73 Å². The van der Waals surface area contributed by atoms with E-state index in [9.17, 15) is 13.6 Å². The predicted octanol–water partition coefficient (Wildman–Crippen LogP) is 2.02. The number of rotatable bonds is 2. The highest BCUT2D eigenvalue weighted by Crippen LogP contribution is 2.49. The number of halogens is 2. The van der Waals surface area contributed by atoms with Crippen LogP contribution < -0.4 is 5.73 Å². The molecule has 20 heavy (non-hydrogen) atoms. The molecule has 3 unspecified atom stereocenters. The lowest BCUT2D eigenvalue weighted by molar-refractivity contribution is -0.133. The molecule has 1 amide bonds. The molecule has 1 saturated carbocycles. The van der Waals surface area contributed by atoms with E-state index < -0.39 is 11.6 Å². The first-order valence-electron chi connectivity index (χ1n) is 7.05. The van der Waals surface area contributed by atoms with Crippen LogP contribution in [0.4, 0.5) is 8.78 Å². The molecule has 2 fully saturated rings. The van der Waals surface area contributed by atoms with Gasteiger partial charge in [0.05, 0.1) is 0 Å². The summed E-state index contributed by atoms with van der Waals surface area (Å²) in [7, 11) is 0. The molecule has 0 bridgehead atoms. The summed E-state index contributed by atoms with van der Waals surface area (Å²) in [5, 5.41) is 0. The molecule has 1 aliphatic carbocycles. The monoisotopic (exact) mass is 280 g/mol. The van der Waals surface area contributed by atoms with Gasteiger partial charge < -0.3 is 10.6 Å². The quantitative estimate of drug-likeness (QED) is 0.901. The van der Waals surface area contributed by atoms with Gasteiger partial charge in [0.1, 0.15) is 11.6 Å². The lowest BCUT2D eigenvalue weighted by Gasteiger charge is -2.31. The van der Waals surface area contributed by atoms with E-state index in [0.29, 0.717) is 18.5 Å². The fourth-order valence-electron chi connectivity index (χ4n) is 3.06. The van der Waals surface area contributed by atoms with E-state index in [1.165, 1.54) is 6.07 Å². The third-order valence-electron chi connectivity index (χ3n) is 4.23. The van der Waals surface area contributed by atoms with Crippen LogP contribution in [0.2, 0.25) is 0 Å². The number of piperidine rings is 1. The Kier molecular flexibility index (Phi) is 3.46. The minimum atomic E-state index is -0.459. The number of carbonyl (C=O) groups is 1. The normalized spacial score (nSPS) is 29.4. The lowest BCUT2D eigenvalue weighted by atomic mass is 10.0. The van der Waals surface area contributed by atoms with E-state index in [-0.39, 0.29) is 23.8 Å². The van der Waals surface area contributed by atoms with Crippen LogP contribution in [0.3, 0.4) is 0 Å². The SMILES string of the molecule is NC1CCCN(C(=O)C2CC2c2cc(F)ccc2F)C1. The summed E-state index contributed by atoms with van der Waals surface area (Å²) in [4.78, 5) is 14.1. The molecule has 0 radical (unpaired) electrons. The Balaban J connectivity index is 1.69. The van der Waals surface area contributed by atoms with Crippen LogP contribution >= 0.6 is 0 Å². The highest BCUT2D eigenvalue weighted by Gasteiger charge is 2.47. The van der Waals surface area contributed by atoms with E-state index in [0.717, 1.165) is 31.5 Å². The molecule has 1 heterocycles. The van der Waals surface area contributed by atoms with Crippen LogP contribution in [0, 0.1) is 17.6 Å². The van der Waals surface area contributed by atoms with Gasteiger partial charge in [-0.1, -0.05) is 0 Å². The van der Waals surface area contributed by atoms with Gasteiger partial charge in [-0.3, -0.25) is 4.79 Å². The van der Waals surface area contributed by atoms with E-state index in [2.05, 4.69) is 0 Å². The number of likely N-dealkylation sites (tertiary alicyclic amines) is 1. The number of nitrogens with two attached hydrogens (primary N) is 1. The van der Waals surface area contributed by atoms with Crippen LogP contribution in [0.5, 0.6) is 0 Å². The van der Waals surface area contributed by atoms with Gasteiger partial charge in [0.2, 0.25) is 5.91 Å². The Labute approximate surface area is 116 Å². The van der Waals surface area contributed by atoms with Crippen LogP contribution in [-0.4, -0.2) is 29.9 Å². The largest absolute Gasteiger partial charge is 0.341 e. The second kappa shape index (κ2) is 5.13. The first-order chi connectivity index (χ1) is 9.56. The lowest BCUT2D eigenvalue weighted by Crippen LogP contribution is -2.46. The molecule has 5 heteroatoms. The minimum absolute atomic E-state index is 0.0359. The van der Waals surface area contributed by atoms with Crippen LogP contribution in [0.1, 0.15) is 30.7 Å². The van der Waals surface area contributed by atoms with Crippen LogP contribution in [0.25, 0.3) is 0 Å². The maximum Gasteiger partial charge on any atom is 0.226 e. The molecule has 2 N–H and O–H groups in total. The zero-order valence-electron chi connectivity index (χ0n) is 11.2. The van der Waals surface area contributed by atoms with E-state index >= 15 is 0 Å². The highest BCUT2D eigenvalue weighted by atomic mass is 19.1. The molecular weight excluding hydrogens is 262 g/mol. The third-order valence-corrected chi connectivity index (χ3v) is 4.23. The van der Waals surface area contributed by atoms with Gasteiger partial charge in [0.25, 0.3) is 0 Å². The van der Waals surface area contributed by atoms with Crippen molar-refractivity contribution in [3.63, 3.8) is 0 Å². The van der Waals surface area contributed by atoms with Crippen molar-refractivity contribution in [2.75, 3.05) is 13.1 Å². The van der Waals surface area contributed by atoms with Gasteiger partial charge in [0, 0.05) is 25.0 Å². The molecule has 2 aliphatic rings. The Morgan fingerprint density at radius 2 is 2.15 bits per heavy atom. The van der Waals surface area contributed by atoms with Crippen molar-refractivity contribution in [3.8, 4) is 0 Å².